The van der Waals surface area contributed by atoms with Crippen LogP contribution in [0.3, 0.4) is 0 Å². The lowest BCUT2D eigenvalue weighted by Crippen LogP contribution is -2.59. The molecule has 1 fully saturated rings. The Bertz CT molecular complexity index is 686. The standard InChI is InChI=1S/C17H29F3N2O5S/c1-10(2)13(21-28(25,26)17(18,19)20)14(23)22-8-7-11(16(3,4)5)9-12(22)15(24)27-6/h10-13,21H,7-9H2,1-6H3/t11-,12+,13+/m1/s1. The van der Waals surface area contributed by atoms with Crippen molar-refractivity contribution in [3.63, 3.8) is 0 Å². The number of rotatable bonds is 5. The van der Waals surface area contributed by atoms with Gasteiger partial charge in [0.05, 0.1) is 7.11 Å². The van der Waals surface area contributed by atoms with Crippen LogP contribution in [0.1, 0.15) is 47.5 Å². The average molecular weight is 430 g/mol. The number of nitrogens with zero attached hydrogens (tertiary/aromatic N) is 1. The molecule has 0 aromatic heterocycles. The van der Waals surface area contributed by atoms with Gasteiger partial charge >= 0.3 is 21.5 Å². The van der Waals surface area contributed by atoms with Crippen LogP contribution in [-0.2, 0) is 24.3 Å². The van der Waals surface area contributed by atoms with Gasteiger partial charge in [-0.25, -0.2) is 13.2 Å². The van der Waals surface area contributed by atoms with E-state index in [9.17, 15) is 31.2 Å². The Hall–Kier alpha value is -1.36. The van der Waals surface area contributed by atoms with Gasteiger partial charge in [-0.3, -0.25) is 4.79 Å². The van der Waals surface area contributed by atoms with Gasteiger partial charge in [0.25, 0.3) is 0 Å². The third kappa shape index (κ3) is 5.59. The van der Waals surface area contributed by atoms with Crippen LogP contribution < -0.4 is 4.72 Å². The minimum atomic E-state index is -5.72. The molecule has 1 heterocycles. The van der Waals surface area contributed by atoms with Gasteiger partial charge in [-0.1, -0.05) is 34.6 Å². The summed E-state index contributed by atoms with van der Waals surface area (Å²) in [5.41, 5.74) is -5.68. The number of carbonyl (C=O) groups is 2. The minimum absolute atomic E-state index is 0.0880. The molecule has 1 aliphatic heterocycles. The summed E-state index contributed by atoms with van der Waals surface area (Å²) < 4.78 is 67.5. The lowest BCUT2D eigenvalue weighted by molar-refractivity contribution is -0.158. The van der Waals surface area contributed by atoms with Crippen LogP contribution in [0.4, 0.5) is 13.2 Å². The zero-order valence-electron chi connectivity index (χ0n) is 17.0. The minimum Gasteiger partial charge on any atom is -0.467 e. The van der Waals surface area contributed by atoms with Crippen molar-refractivity contribution >= 4 is 21.9 Å². The van der Waals surface area contributed by atoms with Gasteiger partial charge in [0.1, 0.15) is 12.1 Å². The fourth-order valence-corrected chi connectivity index (χ4v) is 4.10. The number of hydrogen-bond acceptors (Lipinski definition) is 5. The number of amides is 1. The smallest absolute Gasteiger partial charge is 0.467 e. The first-order chi connectivity index (χ1) is 12.5. The van der Waals surface area contributed by atoms with E-state index in [0.717, 1.165) is 12.0 Å². The SMILES string of the molecule is COC(=O)[C@@H]1C[C@H](C(C)(C)C)CCN1C(=O)[C@@H](NS(=O)(=O)C(F)(F)F)C(C)C. The van der Waals surface area contributed by atoms with Crippen LogP contribution in [0.5, 0.6) is 0 Å². The largest absolute Gasteiger partial charge is 0.511 e. The summed E-state index contributed by atoms with van der Waals surface area (Å²) in [5, 5.41) is 0. The number of methoxy groups -OCH3 is 1. The van der Waals surface area contributed by atoms with Crippen molar-refractivity contribution < 1.29 is 35.9 Å². The first-order valence-corrected chi connectivity index (χ1v) is 10.5. The molecule has 1 N–H and O–H groups in total. The Morgan fingerprint density at radius 2 is 1.71 bits per heavy atom. The van der Waals surface area contributed by atoms with E-state index in [4.69, 9.17) is 4.74 Å². The molecule has 11 heteroatoms. The van der Waals surface area contributed by atoms with Gasteiger partial charge in [-0.15, -0.1) is 0 Å². The van der Waals surface area contributed by atoms with Gasteiger partial charge < -0.3 is 9.64 Å². The second kappa shape index (κ2) is 8.56. The number of esters is 1. The third-order valence-corrected chi connectivity index (χ3v) is 6.28. The molecule has 0 unspecified atom stereocenters. The molecule has 1 aliphatic rings. The Morgan fingerprint density at radius 1 is 1.18 bits per heavy atom. The molecular formula is C17H29F3N2O5S. The Labute approximate surface area is 164 Å². The first kappa shape index (κ1) is 24.7. The molecule has 0 aromatic carbocycles. The van der Waals surface area contributed by atoms with Gasteiger partial charge in [0.15, 0.2) is 0 Å². The van der Waals surface area contributed by atoms with Crippen LogP contribution in [0.2, 0.25) is 0 Å². The molecule has 0 spiro atoms. The van der Waals surface area contributed by atoms with Crippen LogP contribution in [0.15, 0.2) is 0 Å². The number of hydrogen-bond donors (Lipinski definition) is 1. The molecule has 0 aromatic rings. The molecular weight excluding hydrogens is 401 g/mol. The number of nitrogens with one attached hydrogen (secondary N) is 1. The van der Waals surface area contributed by atoms with Crippen LogP contribution in [0.25, 0.3) is 0 Å². The Kier molecular flexibility index (Phi) is 7.55. The average Bonchev–Trinajstić information content (AvgIpc) is 2.55. The van der Waals surface area contributed by atoms with Gasteiger partial charge in [-0.2, -0.15) is 17.9 Å². The van der Waals surface area contributed by atoms with E-state index < -0.39 is 45.4 Å². The normalized spacial score (nSPS) is 22.9. The molecule has 1 saturated heterocycles. The Balaban J connectivity index is 3.18. The summed E-state index contributed by atoms with van der Waals surface area (Å²) in [6, 6.07) is -2.63. The summed E-state index contributed by atoms with van der Waals surface area (Å²) >= 11 is 0. The highest BCUT2D eigenvalue weighted by atomic mass is 32.2. The predicted molar refractivity (Wildman–Crippen MR) is 96.4 cm³/mol. The van der Waals surface area contributed by atoms with Crippen molar-refractivity contribution in [1.29, 1.82) is 0 Å². The summed E-state index contributed by atoms with van der Waals surface area (Å²) in [4.78, 5) is 26.3. The summed E-state index contributed by atoms with van der Waals surface area (Å²) in [6.07, 6.45) is 0.832. The van der Waals surface area contributed by atoms with Gasteiger partial charge in [0, 0.05) is 6.54 Å². The van der Waals surface area contributed by atoms with Crippen molar-refractivity contribution in [2.45, 2.75) is 65.1 Å². The quantitative estimate of drug-likeness (QED) is 0.676. The second-order valence-electron chi connectivity index (χ2n) is 8.45. The second-order valence-corrected chi connectivity index (χ2v) is 10.2. The fourth-order valence-electron chi connectivity index (χ4n) is 3.26. The van der Waals surface area contributed by atoms with E-state index >= 15 is 0 Å². The number of carbonyl (C=O) groups excluding carboxylic acids is 2. The van der Waals surface area contributed by atoms with Crippen molar-refractivity contribution in [2.75, 3.05) is 13.7 Å². The van der Waals surface area contributed by atoms with Crippen molar-refractivity contribution in [1.82, 2.24) is 9.62 Å². The van der Waals surface area contributed by atoms with E-state index in [1.165, 1.54) is 18.6 Å². The number of piperidine rings is 1. The molecule has 1 amide bonds. The summed E-state index contributed by atoms with van der Waals surface area (Å²) in [5.74, 6) is -2.22. The maximum absolute atomic E-state index is 13.0. The fraction of sp³-hybridized carbons (Fsp3) is 0.882. The van der Waals surface area contributed by atoms with Crippen molar-refractivity contribution in [2.24, 2.45) is 17.3 Å². The highest BCUT2D eigenvalue weighted by Crippen LogP contribution is 2.37. The lowest BCUT2D eigenvalue weighted by Gasteiger charge is -2.44. The predicted octanol–water partition coefficient (Wildman–Crippen LogP) is 2.28. The topological polar surface area (TPSA) is 92.8 Å². The molecule has 0 saturated carbocycles. The number of alkyl halides is 3. The monoisotopic (exact) mass is 430 g/mol. The molecule has 7 nitrogen and oxygen atoms in total. The van der Waals surface area contributed by atoms with E-state index in [0.29, 0.717) is 12.8 Å². The van der Waals surface area contributed by atoms with Crippen LogP contribution in [-0.4, -0.2) is 56.4 Å². The first-order valence-electron chi connectivity index (χ1n) is 8.99. The molecule has 0 aliphatic carbocycles. The maximum atomic E-state index is 13.0. The molecule has 1 rings (SSSR count). The highest BCUT2D eigenvalue weighted by Gasteiger charge is 2.50. The molecule has 3 atom stereocenters. The molecule has 28 heavy (non-hydrogen) atoms. The number of sulfonamides is 1. The zero-order chi connectivity index (χ0) is 22.1. The Morgan fingerprint density at radius 3 is 2.11 bits per heavy atom. The van der Waals surface area contributed by atoms with E-state index in [-0.39, 0.29) is 17.9 Å². The van der Waals surface area contributed by atoms with Gasteiger partial charge in [0.2, 0.25) is 5.91 Å². The third-order valence-electron chi connectivity index (χ3n) is 5.10. The van der Waals surface area contributed by atoms with Crippen LogP contribution >= 0.6 is 0 Å². The van der Waals surface area contributed by atoms with Crippen molar-refractivity contribution in [3.05, 3.63) is 0 Å². The van der Waals surface area contributed by atoms with Crippen molar-refractivity contribution in [3.8, 4) is 0 Å². The van der Waals surface area contributed by atoms with Crippen LogP contribution in [0, 0.1) is 17.3 Å². The zero-order valence-corrected chi connectivity index (χ0v) is 17.8. The van der Waals surface area contributed by atoms with E-state index in [1.807, 2.05) is 20.8 Å². The number of halogens is 3. The highest BCUT2D eigenvalue weighted by molar-refractivity contribution is 7.90. The summed E-state index contributed by atoms with van der Waals surface area (Å²) in [7, 11) is -4.55. The number of ether oxygens (including phenoxy) is 1. The maximum Gasteiger partial charge on any atom is 0.511 e. The molecule has 164 valence electrons. The summed E-state index contributed by atoms with van der Waals surface area (Å²) in [6.45, 7) is 8.97. The van der Waals surface area contributed by atoms with E-state index in [1.54, 1.807) is 0 Å². The molecule has 0 bridgehead atoms. The van der Waals surface area contributed by atoms with E-state index in [2.05, 4.69) is 0 Å². The van der Waals surface area contributed by atoms with Gasteiger partial charge in [-0.05, 0) is 30.1 Å². The molecule has 0 radical (unpaired) electrons. The number of likely N-dealkylation sites (tertiary alicyclic amines) is 1. The lowest BCUT2D eigenvalue weighted by atomic mass is 9.73.